The van der Waals surface area contributed by atoms with Gasteiger partial charge in [-0.15, -0.1) is 0 Å². The van der Waals surface area contributed by atoms with Crippen LogP contribution in [0.25, 0.3) is 0 Å². The molecule has 3 aromatic carbocycles. The Bertz CT molecular complexity index is 1630. The van der Waals surface area contributed by atoms with Crippen molar-refractivity contribution < 1.29 is 40.6 Å². The molecule has 0 atom stereocenters. The first-order valence-corrected chi connectivity index (χ1v) is 13.5. The number of nitrogens with one attached hydrogen (secondary N) is 1. The average Bonchev–Trinajstić information content (AvgIpc) is 3.44. The quantitative estimate of drug-likeness (QED) is 0.109. The number of hydrogen-bond acceptors (Lipinski definition) is 6. The zero-order valence-electron chi connectivity index (χ0n) is 24.6. The Balaban J connectivity index is 0.00000138. The van der Waals surface area contributed by atoms with E-state index in [1.54, 1.807) is 29.4 Å². The molecule has 14 heteroatoms. The summed E-state index contributed by atoms with van der Waals surface area (Å²) in [4.78, 5) is 39.3. The predicted molar refractivity (Wildman–Crippen MR) is 184 cm³/mol. The van der Waals surface area contributed by atoms with Crippen molar-refractivity contribution in [3.05, 3.63) is 143 Å². The largest absolute Gasteiger partial charge is 0.665 e. The maximum Gasteiger partial charge on any atom is -0.0623 e. The van der Waals surface area contributed by atoms with E-state index in [2.05, 4.69) is 46.3 Å². The molecule has 47 heavy (non-hydrogen) atoms. The third-order valence-electron chi connectivity index (χ3n) is 5.11. The van der Waals surface area contributed by atoms with E-state index in [1.807, 2.05) is 78.9 Å². The first-order valence-electron chi connectivity index (χ1n) is 12.8. The number of allylic oxidation sites excluding steroid dienone is 4. The van der Waals surface area contributed by atoms with Gasteiger partial charge < -0.3 is 31.0 Å². The molecular weight excluding hydrogens is 647 g/mol. The van der Waals surface area contributed by atoms with E-state index >= 15 is 0 Å². The predicted octanol–water partition coefficient (Wildman–Crippen LogP) is 2.80. The van der Waals surface area contributed by atoms with Crippen molar-refractivity contribution in [3.8, 4) is 0 Å². The zero-order chi connectivity index (χ0) is 33.8. The average molecular weight is 679 g/mol. The van der Waals surface area contributed by atoms with E-state index in [0.717, 1.165) is 17.5 Å². The van der Waals surface area contributed by atoms with Gasteiger partial charge in [-0.3, -0.25) is 5.41 Å². The molecule has 13 nitrogen and oxygen atoms in total. The molecule has 0 saturated carbocycles. The minimum absolute atomic E-state index is 0. The molecular formula is C33H31CoN8O5-3. The number of aliphatic hydroxyl groups excluding tert-OH is 2. The van der Waals surface area contributed by atoms with Gasteiger partial charge in [-0.2, -0.15) is 0 Å². The van der Waals surface area contributed by atoms with Gasteiger partial charge in [0.15, 0.2) is 5.84 Å². The van der Waals surface area contributed by atoms with Crippen molar-refractivity contribution >= 4 is 54.3 Å². The number of hydrogen-bond donors (Lipinski definition) is 5. The molecule has 245 valence electrons. The van der Waals surface area contributed by atoms with Crippen molar-refractivity contribution in [2.24, 2.45) is 36.4 Å². The summed E-state index contributed by atoms with van der Waals surface area (Å²) in [5, 5.41) is 21.7. The molecule has 0 bridgehead atoms. The number of aliphatic imine (C=N–C) groups is 5. The van der Waals surface area contributed by atoms with Gasteiger partial charge in [-0.05, 0) is 0 Å². The number of rotatable bonds is 7. The fourth-order valence-corrected chi connectivity index (χ4v) is 3.39. The molecule has 1 aliphatic rings. The van der Waals surface area contributed by atoms with E-state index in [1.165, 1.54) is 18.7 Å². The Labute approximate surface area is 279 Å². The van der Waals surface area contributed by atoms with Crippen LogP contribution >= 0.6 is 0 Å². The van der Waals surface area contributed by atoms with Crippen LogP contribution in [0.4, 0.5) is 0 Å². The van der Waals surface area contributed by atoms with Crippen molar-refractivity contribution in [1.29, 1.82) is 5.41 Å². The van der Waals surface area contributed by atoms with Crippen LogP contribution < -0.4 is 11.5 Å². The van der Waals surface area contributed by atoms with Crippen LogP contribution in [0.5, 0.6) is 0 Å². The monoisotopic (exact) mass is 678 g/mol. The van der Waals surface area contributed by atoms with Crippen molar-refractivity contribution in [3.63, 3.8) is 0 Å². The third kappa shape index (κ3) is 15.9. The molecule has 0 fully saturated rings. The first kappa shape index (κ1) is 40.8. The third-order valence-corrected chi connectivity index (χ3v) is 5.31. The first-order chi connectivity index (χ1) is 22.5. The Morgan fingerprint density at radius 2 is 1.47 bits per heavy atom. The maximum absolute atomic E-state index is 8.24. The second-order valence-electron chi connectivity index (χ2n) is 7.87. The smallest absolute Gasteiger partial charge is 0.0623 e. The molecule has 0 radical (unpaired) electrons. The summed E-state index contributed by atoms with van der Waals surface area (Å²) in [5.74, 6) is 1.07. The van der Waals surface area contributed by atoms with Gasteiger partial charge in [0.05, 0.1) is 6.34 Å². The molecule has 0 saturated heterocycles. The molecule has 0 unspecified atom stereocenters. The van der Waals surface area contributed by atoms with Gasteiger partial charge in [0.2, 0.25) is 0 Å². The van der Waals surface area contributed by atoms with E-state index in [4.69, 9.17) is 36.7 Å². The van der Waals surface area contributed by atoms with Crippen LogP contribution in [-0.2, 0) is 24.9 Å². The second kappa shape index (κ2) is 26.2. The number of fused-ring (bicyclic) bond motifs is 1. The van der Waals surface area contributed by atoms with Gasteiger partial charge in [0.25, 0.3) is 0 Å². The van der Waals surface area contributed by atoms with Gasteiger partial charge in [-0.25, -0.2) is 9.98 Å². The summed E-state index contributed by atoms with van der Waals surface area (Å²) < 4.78 is 0. The Hall–Kier alpha value is -6.22. The van der Waals surface area contributed by atoms with Gasteiger partial charge in [-0.1, -0.05) is 73.6 Å². The SMILES string of the molecule is N=C(N=CN=CN)c1ccccc1C=NC1=NC(=NC=[C-]C(/C=C\[CH]=[Co])=C/N)c2ccccc21.O.O=[C-]O.O=[C-]O.c1ccccc1. The normalized spacial score (nSPS) is 12.7. The van der Waals surface area contributed by atoms with E-state index < -0.39 is 0 Å². The molecule has 3 aromatic rings. The van der Waals surface area contributed by atoms with Crippen LogP contribution in [0, 0.1) is 11.5 Å². The zero-order valence-corrected chi connectivity index (χ0v) is 25.7. The summed E-state index contributed by atoms with van der Waals surface area (Å²) >= 11 is 4.06. The number of nitrogens with two attached hydrogens (primary N) is 2. The van der Waals surface area contributed by atoms with Crippen LogP contribution in [-0.4, -0.2) is 70.0 Å². The van der Waals surface area contributed by atoms with Crippen molar-refractivity contribution in [2.75, 3.05) is 0 Å². The fourth-order valence-electron chi connectivity index (χ4n) is 3.29. The molecule has 0 aromatic heterocycles. The number of benzene rings is 3. The minimum Gasteiger partial charge on any atom is -0.665 e. The molecule has 0 aliphatic carbocycles. The number of amidine groups is 3. The Morgan fingerprint density at radius 3 is 2.04 bits per heavy atom. The van der Waals surface area contributed by atoms with Crippen LogP contribution in [0.15, 0.2) is 140 Å². The minimum atomic E-state index is 0. The maximum atomic E-state index is 8.24. The van der Waals surface area contributed by atoms with Crippen molar-refractivity contribution in [1.82, 2.24) is 0 Å². The van der Waals surface area contributed by atoms with E-state index in [9.17, 15) is 0 Å². The molecule has 0 amide bonds. The molecule has 9 N–H and O–H groups in total. The van der Waals surface area contributed by atoms with Gasteiger partial charge in [0.1, 0.15) is 6.34 Å². The van der Waals surface area contributed by atoms with Crippen molar-refractivity contribution in [2.45, 2.75) is 0 Å². The molecule has 4 rings (SSSR count). The topological polar surface area (TPSA) is 244 Å². The summed E-state index contributed by atoms with van der Waals surface area (Å²) in [7, 11) is 0. The van der Waals surface area contributed by atoms with Crippen LogP contribution in [0.3, 0.4) is 0 Å². The van der Waals surface area contributed by atoms with Crippen LogP contribution in [0.2, 0.25) is 0 Å². The van der Waals surface area contributed by atoms with Gasteiger partial charge in [0, 0.05) is 11.1 Å². The summed E-state index contributed by atoms with van der Waals surface area (Å²) in [6, 6.07) is 27.0. The molecule has 1 aliphatic heterocycles. The second-order valence-corrected chi connectivity index (χ2v) is 8.22. The Kier molecular flexibility index (Phi) is 22.7. The van der Waals surface area contributed by atoms with E-state index in [0.29, 0.717) is 41.3 Å². The summed E-state index contributed by atoms with van der Waals surface area (Å²) in [6.45, 7) is 1.00. The molecule has 0 spiro atoms. The molecule has 1 heterocycles. The van der Waals surface area contributed by atoms with Crippen LogP contribution in [0.1, 0.15) is 22.3 Å². The van der Waals surface area contributed by atoms with Gasteiger partial charge >= 0.3 is 130 Å². The summed E-state index contributed by atoms with van der Waals surface area (Å²) in [6.07, 6.45) is 13.4. The standard InChI is InChI=1S/C25H21N8.C6H6.2CHO2.Co.H2O/c1-2-7-18(14-26)12-13-30-24-21-10-5-6-11-22(21)25(33-24)31-15-19-8-3-4-9-20(19)23(28)32-17-29-16-27;1-2-4-6-5-3-1;2*2-1-3;;/h1-11,13-17H,26H2,(H3,27,28,29,32);1-6H;2*(H,2,3);;1H2/q-1;;2*-1;;/b7-2-,18-14+,30-24?,31-15?;;;;;. The summed E-state index contributed by atoms with van der Waals surface area (Å²) in [5.41, 5.74) is 14.5. The Morgan fingerprint density at radius 1 is 0.894 bits per heavy atom. The fraction of sp³-hybridized carbons (Fsp3) is 0. The number of nitrogens with zero attached hydrogens (tertiary/aromatic N) is 5. The van der Waals surface area contributed by atoms with E-state index in [-0.39, 0.29) is 11.3 Å².